The number of nitrogens with two attached hydrogens (primary N) is 1. The zero-order valence-electron chi connectivity index (χ0n) is 10.9. The quantitative estimate of drug-likeness (QED) is 0.700. The number of nitrogens with zero attached hydrogens (tertiary/aromatic N) is 2. The molecule has 0 unspecified atom stereocenters. The number of aromatic nitrogens is 2. The molecule has 100 valence electrons. The van der Waals surface area contributed by atoms with Crippen molar-refractivity contribution in [2.75, 3.05) is 11.1 Å². The lowest BCUT2D eigenvalue weighted by molar-refractivity contribution is 1.25. The van der Waals surface area contributed by atoms with E-state index in [1.54, 1.807) is 12.1 Å². The van der Waals surface area contributed by atoms with Crippen molar-refractivity contribution in [2.24, 2.45) is 0 Å². The third kappa shape index (κ3) is 2.51. The summed E-state index contributed by atoms with van der Waals surface area (Å²) in [7, 11) is 0. The molecule has 0 saturated heterocycles. The second kappa shape index (κ2) is 4.98. The maximum Gasteiger partial charge on any atom is 0.134 e. The highest BCUT2D eigenvalue weighted by Gasteiger charge is 2.05. The Morgan fingerprint density at radius 2 is 1.95 bits per heavy atom. The van der Waals surface area contributed by atoms with Crippen LogP contribution in [0.5, 0.6) is 0 Å². The first kappa shape index (κ1) is 12.7. The van der Waals surface area contributed by atoms with Gasteiger partial charge >= 0.3 is 0 Å². The summed E-state index contributed by atoms with van der Waals surface area (Å²) in [6.07, 6.45) is 0. The molecule has 20 heavy (non-hydrogen) atoms. The van der Waals surface area contributed by atoms with Gasteiger partial charge in [-0.05, 0) is 25.1 Å². The number of nitrogen functional groups attached to an aromatic ring is 1. The number of nitrogens with one attached hydrogen (secondary N) is 1. The van der Waals surface area contributed by atoms with Crippen LogP contribution in [0.3, 0.4) is 0 Å². The lowest BCUT2D eigenvalue weighted by atomic mass is 10.1. The molecule has 5 heteroatoms. The van der Waals surface area contributed by atoms with Crippen molar-refractivity contribution < 1.29 is 0 Å². The second-order valence-electron chi connectivity index (χ2n) is 4.56. The summed E-state index contributed by atoms with van der Waals surface area (Å²) in [5.74, 6) is 0.603. The van der Waals surface area contributed by atoms with Crippen LogP contribution >= 0.6 is 11.6 Å². The summed E-state index contributed by atoms with van der Waals surface area (Å²) in [5.41, 5.74) is 9.07. The van der Waals surface area contributed by atoms with Gasteiger partial charge in [0.25, 0.3) is 0 Å². The summed E-state index contributed by atoms with van der Waals surface area (Å²) < 4.78 is 0. The van der Waals surface area contributed by atoms with Crippen LogP contribution in [-0.4, -0.2) is 9.97 Å². The minimum absolute atomic E-state index is 0.358. The van der Waals surface area contributed by atoms with Gasteiger partial charge in [0.2, 0.25) is 0 Å². The molecule has 0 radical (unpaired) electrons. The van der Waals surface area contributed by atoms with Gasteiger partial charge in [0.15, 0.2) is 0 Å². The molecule has 0 spiro atoms. The molecule has 3 rings (SSSR count). The average Bonchev–Trinajstić information content (AvgIpc) is 2.38. The van der Waals surface area contributed by atoms with E-state index in [-0.39, 0.29) is 0 Å². The standard InChI is InChI=1S/C15H13ClN4/c1-9-5-6-10-3-2-4-12(15(10)18-9)19-14-8-11(17)7-13(16)20-14/h2-8H,1H3,(H3,17,19,20). The van der Waals surface area contributed by atoms with Gasteiger partial charge in [-0.2, -0.15) is 0 Å². The Morgan fingerprint density at radius 1 is 1.10 bits per heavy atom. The van der Waals surface area contributed by atoms with Crippen LogP contribution in [0.1, 0.15) is 5.69 Å². The number of hydrogen-bond donors (Lipinski definition) is 2. The van der Waals surface area contributed by atoms with Gasteiger partial charge in [-0.25, -0.2) is 4.98 Å². The van der Waals surface area contributed by atoms with Gasteiger partial charge in [0, 0.05) is 22.8 Å². The van der Waals surface area contributed by atoms with Gasteiger partial charge in [-0.3, -0.25) is 4.98 Å². The van der Waals surface area contributed by atoms with E-state index < -0.39 is 0 Å². The number of hydrogen-bond acceptors (Lipinski definition) is 4. The van der Waals surface area contributed by atoms with Crippen LogP contribution in [0.25, 0.3) is 10.9 Å². The summed E-state index contributed by atoms with van der Waals surface area (Å²) in [4.78, 5) is 8.77. The molecule has 0 aliphatic rings. The Hall–Kier alpha value is -2.33. The van der Waals surface area contributed by atoms with Crippen molar-refractivity contribution >= 4 is 39.7 Å². The van der Waals surface area contributed by atoms with Crippen molar-refractivity contribution in [1.82, 2.24) is 9.97 Å². The predicted octanol–water partition coefficient (Wildman–Crippen LogP) is 3.92. The lowest BCUT2D eigenvalue weighted by Gasteiger charge is -2.10. The highest BCUT2D eigenvalue weighted by molar-refractivity contribution is 6.29. The molecule has 3 N–H and O–H groups in total. The number of rotatable bonds is 2. The molecule has 0 saturated carbocycles. The van der Waals surface area contributed by atoms with Crippen LogP contribution in [0.2, 0.25) is 5.15 Å². The summed E-state index contributed by atoms with van der Waals surface area (Å²) in [6, 6.07) is 13.3. The smallest absolute Gasteiger partial charge is 0.134 e. The van der Waals surface area contributed by atoms with Crippen molar-refractivity contribution in [1.29, 1.82) is 0 Å². The molecule has 4 nitrogen and oxygen atoms in total. The minimum atomic E-state index is 0.358. The molecular formula is C15H13ClN4. The molecule has 2 aromatic heterocycles. The molecule has 0 aliphatic heterocycles. The molecule has 0 atom stereocenters. The van der Waals surface area contributed by atoms with Gasteiger partial charge in [-0.15, -0.1) is 0 Å². The molecule has 0 aliphatic carbocycles. The number of halogens is 1. The molecule has 2 heterocycles. The first-order valence-electron chi connectivity index (χ1n) is 6.18. The largest absolute Gasteiger partial charge is 0.399 e. The maximum atomic E-state index is 5.91. The van der Waals surface area contributed by atoms with Crippen LogP contribution in [0.15, 0.2) is 42.5 Å². The summed E-state index contributed by atoms with van der Waals surface area (Å²) in [6.45, 7) is 1.96. The fourth-order valence-electron chi connectivity index (χ4n) is 2.06. The van der Waals surface area contributed by atoms with Crippen molar-refractivity contribution in [3.8, 4) is 0 Å². The number of anilines is 3. The van der Waals surface area contributed by atoms with Crippen LogP contribution < -0.4 is 11.1 Å². The van der Waals surface area contributed by atoms with Crippen LogP contribution in [-0.2, 0) is 0 Å². The fraction of sp³-hybridized carbons (Fsp3) is 0.0667. The second-order valence-corrected chi connectivity index (χ2v) is 4.95. The Kier molecular flexibility index (Phi) is 3.16. The van der Waals surface area contributed by atoms with E-state index in [2.05, 4.69) is 15.3 Å². The van der Waals surface area contributed by atoms with E-state index in [0.29, 0.717) is 16.7 Å². The van der Waals surface area contributed by atoms with Gasteiger partial charge < -0.3 is 11.1 Å². The predicted molar refractivity (Wildman–Crippen MR) is 83.4 cm³/mol. The van der Waals surface area contributed by atoms with Gasteiger partial charge in [-0.1, -0.05) is 29.8 Å². The van der Waals surface area contributed by atoms with E-state index in [9.17, 15) is 0 Å². The van der Waals surface area contributed by atoms with Crippen molar-refractivity contribution in [2.45, 2.75) is 6.92 Å². The summed E-state index contributed by atoms with van der Waals surface area (Å²) in [5, 5.41) is 4.64. The highest BCUT2D eigenvalue weighted by atomic mass is 35.5. The Labute approximate surface area is 121 Å². The number of aryl methyl sites for hydroxylation is 1. The zero-order chi connectivity index (χ0) is 14.1. The molecular weight excluding hydrogens is 272 g/mol. The Bertz CT molecular complexity index is 766. The summed E-state index contributed by atoms with van der Waals surface area (Å²) >= 11 is 5.91. The molecule has 1 aromatic carbocycles. The van der Waals surface area contributed by atoms with Gasteiger partial charge in [0.1, 0.15) is 11.0 Å². The monoisotopic (exact) mass is 284 g/mol. The first-order chi connectivity index (χ1) is 9.61. The normalized spacial score (nSPS) is 10.7. The zero-order valence-corrected chi connectivity index (χ0v) is 11.6. The topological polar surface area (TPSA) is 63.8 Å². The van der Waals surface area contributed by atoms with Crippen molar-refractivity contribution in [3.05, 3.63) is 53.3 Å². The van der Waals surface area contributed by atoms with E-state index in [1.165, 1.54) is 0 Å². The van der Waals surface area contributed by atoms with E-state index in [1.807, 2.05) is 37.3 Å². The van der Waals surface area contributed by atoms with Gasteiger partial charge in [0.05, 0.1) is 11.2 Å². The van der Waals surface area contributed by atoms with Crippen LogP contribution in [0, 0.1) is 6.92 Å². The SMILES string of the molecule is Cc1ccc2cccc(Nc3cc(N)cc(Cl)n3)c2n1. The number of benzene rings is 1. The highest BCUT2D eigenvalue weighted by Crippen LogP contribution is 2.26. The Morgan fingerprint density at radius 3 is 2.75 bits per heavy atom. The molecule has 0 fully saturated rings. The Balaban J connectivity index is 2.08. The van der Waals surface area contributed by atoms with E-state index in [0.717, 1.165) is 22.3 Å². The number of pyridine rings is 2. The third-order valence-electron chi connectivity index (χ3n) is 2.94. The third-order valence-corrected chi connectivity index (χ3v) is 3.13. The van der Waals surface area contributed by atoms with Crippen LogP contribution in [0.4, 0.5) is 17.2 Å². The first-order valence-corrected chi connectivity index (χ1v) is 6.56. The molecule has 0 bridgehead atoms. The van der Waals surface area contributed by atoms with Crippen molar-refractivity contribution in [3.63, 3.8) is 0 Å². The minimum Gasteiger partial charge on any atom is -0.399 e. The average molecular weight is 285 g/mol. The molecule has 0 amide bonds. The maximum absolute atomic E-state index is 5.91. The number of para-hydroxylation sites is 1. The molecule has 3 aromatic rings. The van der Waals surface area contributed by atoms with E-state index >= 15 is 0 Å². The lowest BCUT2D eigenvalue weighted by Crippen LogP contribution is -1.98. The van der Waals surface area contributed by atoms with E-state index in [4.69, 9.17) is 17.3 Å². The number of fused-ring (bicyclic) bond motifs is 1. The fourth-order valence-corrected chi connectivity index (χ4v) is 2.28.